The first-order chi connectivity index (χ1) is 20.3. The normalized spacial score (nSPS) is 30.4. The van der Waals surface area contributed by atoms with Gasteiger partial charge in [-0.05, 0) is 0 Å². The van der Waals surface area contributed by atoms with Crippen LogP contribution < -0.4 is 10.6 Å². The van der Waals surface area contributed by atoms with Crippen molar-refractivity contribution >= 4 is 34.0 Å². The fourth-order valence-corrected chi connectivity index (χ4v) is 5.06. The highest BCUT2D eigenvalue weighted by Gasteiger charge is 2.45. The molecule has 2 aliphatic heterocycles. The molecule has 0 radical (unpaired) electrons. The molecule has 2 aliphatic rings. The van der Waals surface area contributed by atoms with Gasteiger partial charge in [0.05, 0.1) is 32.0 Å². The van der Waals surface area contributed by atoms with Crippen molar-refractivity contribution in [2.45, 2.75) is 55.2 Å². The van der Waals surface area contributed by atoms with Crippen molar-refractivity contribution in [3.05, 3.63) is 25.3 Å². The van der Waals surface area contributed by atoms with Gasteiger partial charge in [-0.25, -0.2) is 29.9 Å². The number of anilines is 2. The number of rotatable bonds is 10. The van der Waals surface area contributed by atoms with Crippen LogP contribution in [0, 0.1) is 0 Å². The van der Waals surface area contributed by atoms with Crippen molar-refractivity contribution in [3.8, 4) is 0 Å². The molecular weight excluding hydrogens is 560 g/mol. The van der Waals surface area contributed by atoms with Gasteiger partial charge in [0.2, 0.25) is 0 Å². The average molecular weight is 591 g/mol. The molecule has 226 valence electrons. The van der Waals surface area contributed by atoms with Crippen LogP contribution in [0.5, 0.6) is 0 Å². The molecule has 0 aliphatic carbocycles. The number of aliphatic hydroxyl groups excluding tert-OH is 7. The molecule has 3 unspecified atom stereocenters. The average Bonchev–Trinajstić information content (AvgIpc) is 3.76. The lowest BCUT2D eigenvalue weighted by Gasteiger charge is -2.17. The topological polar surface area (TPSA) is 271 Å². The van der Waals surface area contributed by atoms with Crippen molar-refractivity contribution in [2.75, 3.05) is 36.9 Å². The van der Waals surface area contributed by atoms with Gasteiger partial charge in [-0.1, -0.05) is 0 Å². The molecule has 0 amide bonds. The van der Waals surface area contributed by atoms with Crippen LogP contribution in [0.15, 0.2) is 25.3 Å². The fraction of sp³-hybridized carbons (Fsp3) is 0.565. The van der Waals surface area contributed by atoms with Crippen molar-refractivity contribution in [2.24, 2.45) is 0 Å². The summed E-state index contributed by atoms with van der Waals surface area (Å²) in [5.41, 5.74) is 1.29. The van der Waals surface area contributed by atoms with E-state index in [1.54, 1.807) is 0 Å². The SMILES string of the molecule is OC[C@@H]1OC(n2cnc3c(NCC(O)CNc4ncnc5c4ncn5C4O[C@H](CO)[C@@H](O)[C@H]4O)ncnc32)[C@@H](O)[C@H]1O. The third-order valence-electron chi connectivity index (χ3n) is 7.31. The highest BCUT2D eigenvalue weighted by Crippen LogP contribution is 2.33. The predicted octanol–water partition coefficient (Wildman–Crippen LogP) is -3.93. The molecule has 0 aromatic carbocycles. The van der Waals surface area contributed by atoms with E-state index in [1.165, 1.54) is 34.4 Å². The summed E-state index contributed by atoms with van der Waals surface area (Å²) in [6.07, 6.45) is -4.75. The molecule has 19 heteroatoms. The van der Waals surface area contributed by atoms with Crippen molar-refractivity contribution < 1.29 is 45.2 Å². The minimum absolute atomic E-state index is 0.0467. The maximum Gasteiger partial charge on any atom is 0.167 e. The Hall–Kier alpha value is -3.66. The van der Waals surface area contributed by atoms with Crippen LogP contribution in [0.3, 0.4) is 0 Å². The Labute approximate surface area is 236 Å². The fourth-order valence-electron chi connectivity index (χ4n) is 5.06. The number of nitrogens with zero attached hydrogens (tertiary/aromatic N) is 8. The highest BCUT2D eigenvalue weighted by atomic mass is 16.6. The minimum atomic E-state index is -1.31. The van der Waals surface area contributed by atoms with E-state index in [9.17, 15) is 35.7 Å². The van der Waals surface area contributed by atoms with E-state index < -0.39 is 68.4 Å². The zero-order valence-electron chi connectivity index (χ0n) is 21.9. The standard InChI is InChI=1S/C23H30N10O9/c34-3-10-14(37)16(39)22(41-10)32-7-30-12-18(26-5-28-20(12)32)24-1-9(36)2-25-19-13-21(29-6-27-19)33(8-31-13)23-17(40)15(38)11(4-35)42-23/h5-11,14-17,22-23,34-40H,1-4H2,(H,24,26,28)(H,25,27,29)/t9?,10-,11+,14-,15+,16-,17+,22?,23?. The van der Waals surface area contributed by atoms with Gasteiger partial charge in [-0.15, -0.1) is 0 Å². The monoisotopic (exact) mass is 590 g/mol. The molecule has 4 aromatic rings. The highest BCUT2D eigenvalue weighted by molar-refractivity contribution is 5.83. The summed E-state index contributed by atoms with van der Waals surface area (Å²) in [5, 5.41) is 76.3. The summed E-state index contributed by atoms with van der Waals surface area (Å²) in [5.74, 6) is 0.623. The van der Waals surface area contributed by atoms with Crippen LogP contribution in [0.25, 0.3) is 22.3 Å². The Balaban J connectivity index is 1.11. The summed E-state index contributed by atoms with van der Waals surface area (Å²) >= 11 is 0. The molecule has 4 aromatic heterocycles. The second-order valence-corrected chi connectivity index (χ2v) is 9.97. The van der Waals surface area contributed by atoms with E-state index in [1.807, 2.05) is 0 Å². The van der Waals surface area contributed by atoms with Gasteiger partial charge in [-0.2, -0.15) is 0 Å². The quantitative estimate of drug-likeness (QED) is 0.0853. The first-order valence-electron chi connectivity index (χ1n) is 13.1. The zero-order valence-corrected chi connectivity index (χ0v) is 21.9. The van der Waals surface area contributed by atoms with E-state index in [4.69, 9.17) is 9.47 Å². The summed E-state index contributed by atoms with van der Waals surface area (Å²) in [7, 11) is 0. The Kier molecular flexibility index (Phi) is 7.83. The van der Waals surface area contributed by atoms with Crippen LogP contribution in [0.1, 0.15) is 12.5 Å². The molecule has 19 nitrogen and oxygen atoms in total. The molecule has 0 saturated carbocycles. The summed E-state index contributed by atoms with van der Waals surface area (Å²) in [6.45, 7) is -0.842. The van der Waals surface area contributed by atoms with Gasteiger partial charge in [0.15, 0.2) is 46.4 Å². The van der Waals surface area contributed by atoms with Gasteiger partial charge >= 0.3 is 0 Å². The maximum absolute atomic E-state index is 10.6. The lowest BCUT2D eigenvalue weighted by atomic mass is 10.1. The molecule has 6 heterocycles. The van der Waals surface area contributed by atoms with Crippen molar-refractivity contribution in [1.82, 2.24) is 39.0 Å². The molecule has 9 N–H and O–H groups in total. The second-order valence-electron chi connectivity index (χ2n) is 9.97. The third-order valence-corrected chi connectivity index (χ3v) is 7.31. The Morgan fingerprint density at radius 1 is 0.667 bits per heavy atom. The smallest absolute Gasteiger partial charge is 0.167 e. The molecule has 0 bridgehead atoms. The van der Waals surface area contributed by atoms with E-state index in [0.717, 1.165) is 0 Å². The molecule has 42 heavy (non-hydrogen) atoms. The number of hydrogen-bond acceptors (Lipinski definition) is 17. The van der Waals surface area contributed by atoms with E-state index in [0.29, 0.717) is 34.0 Å². The zero-order chi connectivity index (χ0) is 29.5. The van der Waals surface area contributed by atoms with Crippen LogP contribution in [-0.2, 0) is 9.47 Å². The Morgan fingerprint density at radius 3 is 1.48 bits per heavy atom. The molecule has 2 saturated heterocycles. The number of nitrogens with one attached hydrogen (secondary N) is 2. The molecular formula is C23H30N10O9. The van der Waals surface area contributed by atoms with Crippen molar-refractivity contribution in [3.63, 3.8) is 0 Å². The molecule has 9 atom stereocenters. The summed E-state index contributed by atoms with van der Waals surface area (Å²) < 4.78 is 14.0. The van der Waals surface area contributed by atoms with E-state index in [-0.39, 0.29) is 13.1 Å². The molecule has 0 spiro atoms. The molecule has 2 fully saturated rings. The van der Waals surface area contributed by atoms with Crippen LogP contribution >= 0.6 is 0 Å². The maximum atomic E-state index is 10.6. The second kappa shape index (κ2) is 11.6. The van der Waals surface area contributed by atoms with Crippen LogP contribution in [0.4, 0.5) is 11.6 Å². The van der Waals surface area contributed by atoms with Gasteiger partial charge < -0.3 is 55.9 Å². The van der Waals surface area contributed by atoms with Gasteiger partial charge in [0.1, 0.15) is 49.3 Å². The number of aliphatic hydroxyl groups is 7. The van der Waals surface area contributed by atoms with Gasteiger partial charge in [-0.3, -0.25) is 9.13 Å². The summed E-state index contributed by atoms with van der Waals surface area (Å²) in [6, 6.07) is 0. The summed E-state index contributed by atoms with van der Waals surface area (Å²) in [4.78, 5) is 25.4. The van der Waals surface area contributed by atoms with E-state index >= 15 is 0 Å². The van der Waals surface area contributed by atoms with Crippen LogP contribution in [-0.4, -0.2) is 144 Å². The lowest BCUT2D eigenvalue weighted by molar-refractivity contribution is -0.0511. The minimum Gasteiger partial charge on any atom is -0.394 e. The van der Waals surface area contributed by atoms with Gasteiger partial charge in [0.25, 0.3) is 0 Å². The number of ether oxygens (including phenoxy) is 2. The number of aromatic nitrogens is 8. The van der Waals surface area contributed by atoms with Crippen molar-refractivity contribution in [1.29, 1.82) is 0 Å². The first-order valence-corrected chi connectivity index (χ1v) is 13.1. The number of hydrogen-bond donors (Lipinski definition) is 9. The Bertz CT molecular complexity index is 1430. The van der Waals surface area contributed by atoms with Crippen LogP contribution in [0.2, 0.25) is 0 Å². The van der Waals surface area contributed by atoms with Gasteiger partial charge in [0, 0.05) is 13.1 Å². The number of fused-ring (bicyclic) bond motifs is 2. The van der Waals surface area contributed by atoms with E-state index in [2.05, 4.69) is 40.5 Å². The Morgan fingerprint density at radius 2 is 1.10 bits per heavy atom. The third kappa shape index (κ3) is 4.89. The largest absolute Gasteiger partial charge is 0.394 e. The molecule has 6 rings (SSSR count). The predicted molar refractivity (Wildman–Crippen MR) is 140 cm³/mol. The lowest BCUT2D eigenvalue weighted by Crippen LogP contribution is -2.33. The first kappa shape index (κ1) is 28.5. The number of imidazole rings is 2.